The first kappa shape index (κ1) is 11.4. The predicted octanol–water partition coefficient (Wildman–Crippen LogP) is 2.41. The van der Waals surface area contributed by atoms with Crippen LogP contribution in [0.4, 0.5) is 0 Å². The second kappa shape index (κ2) is 5.29. The normalized spacial score (nSPS) is 13.5. The van der Waals surface area contributed by atoms with Gasteiger partial charge in [-0.15, -0.1) is 16.7 Å². The Morgan fingerprint density at radius 3 is 2.64 bits per heavy atom. The fraction of sp³-hybridized carbons (Fsp3) is 0.889. The second-order valence-corrected chi connectivity index (χ2v) is 4.57. The highest BCUT2D eigenvalue weighted by molar-refractivity contribution is 6.20. The van der Waals surface area contributed by atoms with E-state index < -0.39 is 0 Å². The number of hydrogen-bond acceptors (Lipinski definition) is 3. The molecule has 1 atom stereocenters. The van der Waals surface area contributed by atoms with Gasteiger partial charge in [0, 0.05) is 6.54 Å². The molecule has 0 amide bonds. The lowest BCUT2D eigenvalue weighted by Gasteiger charge is -2.06. The maximum atomic E-state index is 5.93. The van der Waals surface area contributed by atoms with Crippen molar-refractivity contribution in [2.45, 2.75) is 45.5 Å². The molecule has 14 heavy (non-hydrogen) atoms. The Balaban J connectivity index is 2.46. The molecule has 1 rings (SSSR count). The maximum absolute atomic E-state index is 5.93. The van der Waals surface area contributed by atoms with E-state index in [-0.39, 0.29) is 5.38 Å². The van der Waals surface area contributed by atoms with E-state index in [4.69, 9.17) is 11.6 Å². The van der Waals surface area contributed by atoms with Crippen molar-refractivity contribution in [2.24, 2.45) is 5.92 Å². The Bertz CT molecular complexity index is 270. The van der Waals surface area contributed by atoms with Crippen LogP contribution < -0.4 is 0 Å². The van der Waals surface area contributed by atoms with Crippen molar-refractivity contribution >= 4 is 11.6 Å². The summed E-state index contributed by atoms with van der Waals surface area (Å²) in [6.45, 7) is 7.17. The molecule has 0 aromatic carbocycles. The molecule has 1 aromatic rings. The predicted molar refractivity (Wildman–Crippen MR) is 56.2 cm³/mol. The van der Waals surface area contributed by atoms with Crippen molar-refractivity contribution in [3.8, 4) is 0 Å². The smallest absolute Gasteiger partial charge is 0.168 e. The standard InChI is InChI=1S/C9H17ClN4/c1-7(2)5-4-6-14-9(8(3)10)11-12-13-14/h7-8H,4-6H2,1-3H3. The number of aryl methyl sites for hydroxylation is 1. The number of hydrogen-bond donors (Lipinski definition) is 0. The molecule has 0 aliphatic heterocycles. The summed E-state index contributed by atoms with van der Waals surface area (Å²) >= 11 is 5.93. The lowest BCUT2D eigenvalue weighted by Crippen LogP contribution is -2.07. The lowest BCUT2D eigenvalue weighted by atomic mass is 10.1. The van der Waals surface area contributed by atoms with Crippen LogP contribution in [0.3, 0.4) is 0 Å². The number of nitrogens with zero attached hydrogens (tertiary/aromatic N) is 4. The topological polar surface area (TPSA) is 43.6 Å². The van der Waals surface area contributed by atoms with E-state index in [1.807, 2.05) is 6.92 Å². The van der Waals surface area contributed by atoms with Crippen LogP contribution in [-0.4, -0.2) is 20.2 Å². The van der Waals surface area contributed by atoms with Gasteiger partial charge in [-0.1, -0.05) is 13.8 Å². The fourth-order valence-electron chi connectivity index (χ4n) is 1.31. The Hall–Kier alpha value is -0.640. The molecule has 0 radical (unpaired) electrons. The van der Waals surface area contributed by atoms with E-state index in [0.717, 1.165) is 24.7 Å². The lowest BCUT2D eigenvalue weighted by molar-refractivity contribution is 0.472. The molecule has 1 unspecified atom stereocenters. The molecule has 1 aromatic heterocycles. The van der Waals surface area contributed by atoms with Gasteiger partial charge in [-0.25, -0.2) is 4.68 Å². The van der Waals surface area contributed by atoms with Crippen molar-refractivity contribution in [2.75, 3.05) is 0 Å². The zero-order valence-electron chi connectivity index (χ0n) is 8.94. The summed E-state index contributed by atoms with van der Waals surface area (Å²) in [4.78, 5) is 0. The Morgan fingerprint density at radius 2 is 2.07 bits per heavy atom. The van der Waals surface area contributed by atoms with Gasteiger partial charge in [0.25, 0.3) is 0 Å². The van der Waals surface area contributed by atoms with Crippen LogP contribution in [-0.2, 0) is 6.54 Å². The zero-order chi connectivity index (χ0) is 10.6. The number of aromatic nitrogens is 4. The number of rotatable bonds is 5. The van der Waals surface area contributed by atoms with Crippen molar-refractivity contribution < 1.29 is 0 Å². The summed E-state index contributed by atoms with van der Waals surface area (Å²) in [6.07, 6.45) is 2.29. The highest BCUT2D eigenvalue weighted by Crippen LogP contribution is 2.16. The molecule has 0 aliphatic rings. The summed E-state index contributed by atoms with van der Waals surface area (Å²) in [7, 11) is 0. The number of alkyl halides is 1. The largest absolute Gasteiger partial charge is 0.228 e. The minimum atomic E-state index is -0.121. The molecule has 1 heterocycles. The van der Waals surface area contributed by atoms with Crippen molar-refractivity contribution in [1.82, 2.24) is 20.2 Å². The third-order valence-electron chi connectivity index (χ3n) is 2.07. The van der Waals surface area contributed by atoms with Crippen LogP contribution in [0.1, 0.15) is 44.8 Å². The van der Waals surface area contributed by atoms with Crippen LogP contribution in [0, 0.1) is 5.92 Å². The van der Waals surface area contributed by atoms with E-state index >= 15 is 0 Å². The third kappa shape index (κ3) is 3.25. The minimum Gasteiger partial charge on any atom is -0.228 e. The number of tetrazole rings is 1. The molecule has 0 saturated heterocycles. The highest BCUT2D eigenvalue weighted by Gasteiger charge is 2.10. The fourth-order valence-corrected chi connectivity index (χ4v) is 1.46. The first-order valence-electron chi connectivity index (χ1n) is 5.01. The van der Waals surface area contributed by atoms with Crippen LogP contribution >= 0.6 is 11.6 Å². The monoisotopic (exact) mass is 216 g/mol. The van der Waals surface area contributed by atoms with E-state index in [2.05, 4.69) is 29.4 Å². The quantitative estimate of drug-likeness (QED) is 0.710. The summed E-state index contributed by atoms with van der Waals surface area (Å²) < 4.78 is 1.79. The number of halogens is 1. The van der Waals surface area contributed by atoms with Gasteiger partial charge in [-0.3, -0.25) is 0 Å². The molecule has 0 saturated carbocycles. The average molecular weight is 217 g/mol. The van der Waals surface area contributed by atoms with E-state index in [0.29, 0.717) is 0 Å². The molecule has 4 nitrogen and oxygen atoms in total. The van der Waals surface area contributed by atoms with Gasteiger partial charge in [0.2, 0.25) is 0 Å². The molecule has 0 N–H and O–H groups in total. The van der Waals surface area contributed by atoms with Gasteiger partial charge >= 0.3 is 0 Å². The van der Waals surface area contributed by atoms with Crippen molar-refractivity contribution in [3.05, 3.63) is 5.82 Å². The van der Waals surface area contributed by atoms with Crippen LogP contribution in [0.15, 0.2) is 0 Å². The summed E-state index contributed by atoms with van der Waals surface area (Å²) in [5.41, 5.74) is 0. The Labute approximate surface area is 89.6 Å². The Morgan fingerprint density at radius 1 is 1.36 bits per heavy atom. The molecule has 5 heteroatoms. The molecule has 0 aliphatic carbocycles. The van der Waals surface area contributed by atoms with Gasteiger partial charge in [-0.2, -0.15) is 0 Å². The SMILES string of the molecule is CC(C)CCCn1nnnc1C(C)Cl. The molecular formula is C9H17ClN4. The summed E-state index contributed by atoms with van der Waals surface area (Å²) in [6, 6.07) is 0. The van der Waals surface area contributed by atoms with Crippen LogP contribution in [0.25, 0.3) is 0 Å². The summed E-state index contributed by atoms with van der Waals surface area (Å²) in [5.74, 6) is 1.48. The zero-order valence-corrected chi connectivity index (χ0v) is 9.70. The average Bonchev–Trinajstić information content (AvgIpc) is 2.51. The van der Waals surface area contributed by atoms with Gasteiger partial charge in [0.05, 0.1) is 5.38 Å². The Kier molecular flexibility index (Phi) is 4.32. The van der Waals surface area contributed by atoms with E-state index in [1.165, 1.54) is 6.42 Å². The van der Waals surface area contributed by atoms with Gasteiger partial charge in [-0.05, 0) is 36.1 Å². The van der Waals surface area contributed by atoms with Crippen molar-refractivity contribution in [1.29, 1.82) is 0 Å². The second-order valence-electron chi connectivity index (χ2n) is 3.91. The maximum Gasteiger partial charge on any atom is 0.168 e. The first-order valence-corrected chi connectivity index (χ1v) is 5.45. The van der Waals surface area contributed by atoms with Gasteiger partial charge in [0.15, 0.2) is 5.82 Å². The molecular weight excluding hydrogens is 200 g/mol. The molecule has 0 spiro atoms. The molecule has 0 bridgehead atoms. The van der Waals surface area contributed by atoms with E-state index in [1.54, 1.807) is 4.68 Å². The van der Waals surface area contributed by atoms with Gasteiger partial charge in [0.1, 0.15) is 0 Å². The van der Waals surface area contributed by atoms with Crippen LogP contribution in [0.2, 0.25) is 0 Å². The third-order valence-corrected chi connectivity index (χ3v) is 2.26. The summed E-state index contributed by atoms with van der Waals surface area (Å²) in [5, 5.41) is 11.3. The molecule has 0 fully saturated rings. The molecule has 80 valence electrons. The minimum absolute atomic E-state index is 0.121. The highest BCUT2D eigenvalue weighted by atomic mass is 35.5. The first-order chi connectivity index (χ1) is 6.61. The van der Waals surface area contributed by atoms with Gasteiger partial charge < -0.3 is 0 Å². The van der Waals surface area contributed by atoms with E-state index in [9.17, 15) is 0 Å². The van der Waals surface area contributed by atoms with Crippen LogP contribution in [0.5, 0.6) is 0 Å². The van der Waals surface area contributed by atoms with Crippen molar-refractivity contribution in [3.63, 3.8) is 0 Å².